The van der Waals surface area contributed by atoms with Gasteiger partial charge in [0.15, 0.2) is 5.82 Å². The molecular weight excluding hydrogens is 316 g/mol. The highest BCUT2D eigenvalue weighted by molar-refractivity contribution is 5.77. The number of nitrogens with one attached hydrogen (secondary N) is 1. The number of para-hydroxylation sites is 1. The molecule has 0 amide bonds. The number of nitrogens with two attached hydrogens (primary N) is 1. The van der Waals surface area contributed by atoms with Gasteiger partial charge in [-0.1, -0.05) is 23.4 Å². The van der Waals surface area contributed by atoms with Crippen LogP contribution in [0.5, 0.6) is 5.75 Å². The fourth-order valence-corrected chi connectivity index (χ4v) is 2.95. The van der Waals surface area contributed by atoms with Crippen molar-refractivity contribution in [3.8, 4) is 17.2 Å². The Bertz CT molecular complexity index is 886. The lowest BCUT2D eigenvalue weighted by atomic mass is 9.77. The molecule has 0 aliphatic heterocycles. The first kappa shape index (κ1) is 15.7. The van der Waals surface area contributed by atoms with E-state index in [1.807, 2.05) is 48.5 Å². The van der Waals surface area contributed by atoms with E-state index in [0.29, 0.717) is 11.7 Å². The molecule has 1 saturated carbocycles. The van der Waals surface area contributed by atoms with Crippen LogP contribution >= 0.6 is 0 Å². The van der Waals surface area contributed by atoms with E-state index in [9.17, 15) is 0 Å². The normalized spacial score (nSPS) is 15.4. The number of nitrogens with zero attached hydrogens (tertiary/aromatic N) is 2. The molecule has 0 unspecified atom stereocenters. The summed E-state index contributed by atoms with van der Waals surface area (Å²) in [5.74, 6) is 1.85. The Morgan fingerprint density at radius 3 is 2.76 bits per heavy atom. The molecule has 0 atom stereocenters. The Morgan fingerprint density at radius 1 is 1.16 bits per heavy atom. The van der Waals surface area contributed by atoms with Gasteiger partial charge < -0.3 is 20.3 Å². The summed E-state index contributed by atoms with van der Waals surface area (Å²) in [7, 11) is 1.65. The van der Waals surface area contributed by atoms with E-state index in [2.05, 4.69) is 15.5 Å². The Kier molecular flexibility index (Phi) is 3.89. The van der Waals surface area contributed by atoms with Crippen LogP contribution in [-0.4, -0.2) is 17.3 Å². The molecule has 2 aromatic carbocycles. The van der Waals surface area contributed by atoms with Crippen molar-refractivity contribution in [1.82, 2.24) is 10.1 Å². The Morgan fingerprint density at radius 2 is 2.00 bits per heavy atom. The first-order valence-corrected chi connectivity index (χ1v) is 8.31. The van der Waals surface area contributed by atoms with Crippen molar-refractivity contribution >= 4 is 11.4 Å². The number of hydrogen-bond acceptors (Lipinski definition) is 6. The van der Waals surface area contributed by atoms with E-state index >= 15 is 0 Å². The molecule has 128 valence electrons. The number of benzene rings is 2. The zero-order chi connectivity index (χ0) is 17.3. The standard InChI is InChI=1S/C19H20N4O2/c1-24-14-7-4-6-13(12-14)21-16-9-3-2-8-15(16)17-22-18(23-25-17)19(20)10-5-11-19/h2-4,6-9,12,21H,5,10-11,20H2,1H3. The largest absolute Gasteiger partial charge is 0.497 e. The monoisotopic (exact) mass is 336 g/mol. The number of ether oxygens (including phenoxy) is 1. The number of rotatable bonds is 5. The highest BCUT2D eigenvalue weighted by Gasteiger charge is 2.39. The summed E-state index contributed by atoms with van der Waals surface area (Å²) in [4.78, 5) is 4.54. The summed E-state index contributed by atoms with van der Waals surface area (Å²) in [6.07, 6.45) is 2.90. The number of methoxy groups -OCH3 is 1. The van der Waals surface area contributed by atoms with Gasteiger partial charge in [0.05, 0.1) is 23.9 Å². The summed E-state index contributed by atoms with van der Waals surface area (Å²) in [6.45, 7) is 0. The summed E-state index contributed by atoms with van der Waals surface area (Å²) in [5.41, 5.74) is 8.50. The van der Waals surface area contributed by atoms with E-state index < -0.39 is 5.54 Å². The summed E-state index contributed by atoms with van der Waals surface area (Å²) in [6, 6.07) is 15.6. The van der Waals surface area contributed by atoms with Gasteiger partial charge in [0.25, 0.3) is 5.89 Å². The number of hydrogen-bond donors (Lipinski definition) is 2. The lowest BCUT2D eigenvalue weighted by Crippen LogP contribution is -2.44. The average Bonchev–Trinajstić information content (AvgIpc) is 3.10. The zero-order valence-electron chi connectivity index (χ0n) is 14.0. The molecule has 3 N–H and O–H groups in total. The van der Waals surface area contributed by atoms with Crippen LogP contribution in [-0.2, 0) is 5.54 Å². The molecule has 6 nitrogen and oxygen atoms in total. The molecule has 0 bridgehead atoms. The van der Waals surface area contributed by atoms with Crippen molar-refractivity contribution < 1.29 is 9.26 Å². The molecular formula is C19H20N4O2. The van der Waals surface area contributed by atoms with Crippen molar-refractivity contribution in [1.29, 1.82) is 0 Å². The zero-order valence-corrected chi connectivity index (χ0v) is 14.0. The van der Waals surface area contributed by atoms with Gasteiger partial charge in [-0.3, -0.25) is 0 Å². The van der Waals surface area contributed by atoms with Crippen LogP contribution in [0.3, 0.4) is 0 Å². The maximum atomic E-state index is 6.29. The SMILES string of the molecule is COc1cccc(Nc2ccccc2-c2nc(C3(N)CCC3)no2)c1. The average molecular weight is 336 g/mol. The van der Waals surface area contributed by atoms with E-state index in [-0.39, 0.29) is 0 Å². The second-order valence-corrected chi connectivity index (χ2v) is 6.34. The second-order valence-electron chi connectivity index (χ2n) is 6.34. The maximum absolute atomic E-state index is 6.29. The first-order valence-electron chi connectivity index (χ1n) is 8.31. The van der Waals surface area contributed by atoms with Crippen LogP contribution < -0.4 is 15.8 Å². The molecule has 4 rings (SSSR count). The topological polar surface area (TPSA) is 86.2 Å². The van der Waals surface area contributed by atoms with E-state index in [0.717, 1.165) is 42.0 Å². The van der Waals surface area contributed by atoms with Gasteiger partial charge in [-0.15, -0.1) is 0 Å². The quantitative estimate of drug-likeness (QED) is 0.736. The minimum absolute atomic E-state index is 0.434. The lowest BCUT2D eigenvalue weighted by Gasteiger charge is -2.34. The van der Waals surface area contributed by atoms with Crippen molar-refractivity contribution in [2.45, 2.75) is 24.8 Å². The lowest BCUT2D eigenvalue weighted by molar-refractivity contribution is 0.229. The van der Waals surface area contributed by atoms with Crippen molar-refractivity contribution in [2.75, 3.05) is 12.4 Å². The Labute approximate surface area is 146 Å². The molecule has 6 heteroatoms. The molecule has 25 heavy (non-hydrogen) atoms. The van der Waals surface area contributed by atoms with E-state index in [1.54, 1.807) is 7.11 Å². The third kappa shape index (κ3) is 2.96. The van der Waals surface area contributed by atoms with Gasteiger partial charge in [-0.2, -0.15) is 4.98 Å². The van der Waals surface area contributed by atoms with Gasteiger partial charge in [-0.05, 0) is 43.5 Å². The van der Waals surface area contributed by atoms with Gasteiger partial charge in [0.2, 0.25) is 0 Å². The molecule has 3 aromatic rings. The van der Waals surface area contributed by atoms with Gasteiger partial charge in [-0.25, -0.2) is 0 Å². The van der Waals surface area contributed by atoms with Gasteiger partial charge in [0.1, 0.15) is 5.75 Å². The van der Waals surface area contributed by atoms with Crippen molar-refractivity contribution in [2.24, 2.45) is 5.73 Å². The highest BCUT2D eigenvalue weighted by Crippen LogP contribution is 2.38. The summed E-state index contributed by atoms with van der Waals surface area (Å²) in [5, 5.41) is 7.49. The molecule has 1 aliphatic rings. The highest BCUT2D eigenvalue weighted by atomic mass is 16.5. The van der Waals surface area contributed by atoms with Crippen LogP contribution in [0.1, 0.15) is 25.1 Å². The second kappa shape index (κ2) is 6.22. The maximum Gasteiger partial charge on any atom is 0.260 e. The fraction of sp³-hybridized carbons (Fsp3) is 0.263. The van der Waals surface area contributed by atoms with E-state index in [4.69, 9.17) is 15.0 Å². The number of anilines is 2. The summed E-state index contributed by atoms with van der Waals surface area (Å²) >= 11 is 0. The Balaban J connectivity index is 1.65. The first-order chi connectivity index (χ1) is 12.2. The Hall–Kier alpha value is -2.86. The minimum atomic E-state index is -0.434. The molecule has 0 saturated heterocycles. The molecule has 0 radical (unpaired) electrons. The van der Waals surface area contributed by atoms with Crippen LogP contribution in [0.4, 0.5) is 11.4 Å². The number of aromatic nitrogens is 2. The molecule has 1 aromatic heterocycles. The van der Waals surface area contributed by atoms with Crippen LogP contribution in [0, 0.1) is 0 Å². The van der Waals surface area contributed by atoms with Crippen LogP contribution in [0.2, 0.25) is 0 Å². The summed E-state index contributed by atoms with van der Waals surface area (Å²) < 4.78 is 10.8. The third-order valence-electron chi connectivity index (χ3n) is 4.62. The third-order valence-corrected chi connectivity index (χ3v) is 4.62. The molecule has 0 spiro atoms. The van der Waals surface area contributed by atoms with Crippen molar-refractivity contribution in [3.05, 3.63) is 54.4 Å². The molecule has 1 aliphatic carbocycles. The predicted molar refractivity (Wildman–Crippen MR) is 95.7 cm³/mol. The van der Waals surface area contributed by atoms with Crippen LogP contribution in [0.25, 0.3) is 11.5 Å². The molecule has 1 heterocycles. The smallest absolute Gasteiger partial charge is 0.260 e. The van der Waals surface area contributed by atoms with Crippen LogP contribution in [0.15, 0.2) is 53.1 Å². The minimum Gasteiger partial charge on any atom is -0.497 e. The van der Waals surface area contributed by atoms with E-state index in [1.165, 1.54) is 0 Å². The van der Waals surface area contributed by atoms with Crippen molar-refractivity contribution in [3.63, 3.8) is 0 Å². The van der Waals surface area contributed by atoms with Gasteiger partial charge >= 0.3 is 0 Å². The molecule has 1 fully saturated rings. The van der Waals surface area contributed by atoms with Gasteiger partial charge in [0, 0.05) is 11.8 Å². The fourth-order valence-electron chi connectivity index (χ4n) is 2.95. The predicted octanol–water partition coefficient (Wildman–Crippen LogP) is 3.83.